The second kappa shape index (κ2) is 11.4. The summed E-state index contributed by atoms with van der Waals surface area (Å²) in [7, 11) is 0. The van der Waals surface area contributed by atoms with Crippen LogP contribution in [0.25, 0.3) is 0 Å². The summed E-state index contributed by atoms with van der Waals surface area (Å²) < 4.78 is 1.82. The molecule has 33 heavy (non-hydrogen) atoms. The van der Waals surface area contributed by atoms with E-state index in [0.29, 0.717) is 38.8 Å². The lowest BCUT2D eigenvalue weighted by Crippen LogP contribution is -2.28. The summed E-state index contributed by atoms with van der Waals surface area (Å²) >= 11 is 13.2. The lowest BCUT2D eigenvalue weighted by atomic mass is 10.1. The summed E-state index contributed by atoms with van der Waals surface area (Å²) in [5.41, 5.74) is 2.09. The fourth-order valence-corrected chi connectivity index (χ4v) is 4.39. The minimum atomic E-state index is -0.401. The zero-order valence-electron chi connectivity index (χ0n) is 18.1. The minimum Gasteiger partial charge on any atom is -0.342 e. The van der Waals surface area contributed by atoms with Gasteiger partial charge in [0.05, 0.1) is 11.8 Å². The van der Waals surface area contributed by atoms with E-state index in [-0.39, 0.29) is 17.6 Å². The molecule has 3 aromatic rings. The molecule has 10 heteroatoms. The van der Waals surface area contributed by atoms with Crippen molar-refractivity contribution in [1.82, 2.24) is 20.1 Å². The maximum absolute atomic E-state index is 12.6. The third kappa shape index (κ3) is 6.83. The number of amides is 2. The van der Waals surface area contributed by atoms with E-state index in [2.05, 4.69) is 27.4 Å². The third-order valence-corrected chi connectivity index (χ3v) is 5.95. The number of thioether (sulfide) groups is 1. The van der Waals surface area contributed by atoms with Gasteiger partial charge in [-0.2, -0.15) is 0 Å². The van der Waals surface area contributed by atoms with E-state index in [1.54, 1.807) is 30.3 Å². The van der Waals surface area contributed by atoms with Crippen molar-refractivity contribution in [1.29, 1.82) is 0 Å². The summed E-state index contributed by atoms with van der Waals surface area (Å²) in [6, 6.07) is 11.8. The quantitative estimate of drug-likeness (QED) is 0.305. The first-order valence-corrected chi connectivity index (χ1v) is 11.8. The first kappa shape index (κ1) is 24.8. The highest BCUT2D eigenvalue weighted by atomic mass is 35.5. The Morgan fingerprint density at radius 2 is 1.91 bits per heavy atom. The first-order chi connectivity index (χ1) is 15.8. The molecule has 172 valence electrons. The van der Waals surface area contributed by atoms with Gasteiger partial charge in [-0.1, -0.05) is 58.7 Å². The van der Waals surface area contributed by atoms with Crippen molar-refractivity contribution in [2.45, 2.75) is 31.6 Å². The van der Waals surface area contributed by atoms with Gasteiger partial charge in [-0.05, 0) is 44.2 Å². The number of benzene rings is 2. The Kier molecular flexibility index (Phi) is 8.55. The molecule has 2 aromatic carbocycles. The first-order valence-electron chi connectivity index (χ1n) is 10.1. The second-order valence-corrected chi connectivity index (χ2v) is 9.12. The number of carbonyl (C=O) groups excluding carboxylic acids is 2. The number of hydrogen-bond acceptors (Lipinski definition) is 5. The molecule has 0 saturated carbocycles. The molecule has 2 amide bonds. The molecule has 1 heterocycles. The second-order valence-electron chi connectivity index (χ2n) is 7.30. The number of hydrogen-bond donors (Lipinski definition) is 2. The Labute approximate surface area is 206 Å². The smallest absolute Gasteiger partial charge is 0.251 e. The van der Waals surface area contributed by atoms with Gasteiger partial charge in [0.15, 0.2) is 11.0 Å². The summed E-state index contributed by atoms with van der Waals surface area (Å²) in [4.78, 5) is 25.0. The van der Waals surface area contributed by atoms with Crippen LogP contribution in [0.3, 0.4) is 0 Å². The SMILES string of the molecule is C=CCn1c(SCC(=O)Nc2cc(Cl)cc(Cl)c2)nnc1[C@@H](C)NC(=O)c1cccc(C)c1. The van der Waals surface area contributed by atoms with Gasteiger partial charge in [0, 0.05) is 27.8 Å². The van der Waals surface area contributed by atoms with Crippen LogP contribution in [0.5, 0.6) is 0 Å². The number of halogens is 2. The largest absolute Gasteiger partial charge is 0.342 e. The van der Waals surface area contributed by atoms with Crippen LogP contribution in [0.4, 0.5) is 5.69 Å². The molecule has 7 nitrogen and oxygen atoms in total. The van der Waals surface area contributed by atoms with Crippen molar-refractivity contribution >= 4 is 52.5 Å². The molecule has 0 aliphatic rings. The summed E-state index contributed by atoms with van der Waals surface area (Å²) in [6.07, 6.45) is 1.71. The van der Waals surface area contributed by atoms with Crippen LogP contribution in [0, 0.1) is 6.92 Å². The molecule has 0 radical (unpaired) electrons. The highest BCUT2D eigenvalue weighted by Gasteiger charge is 2.20. The fraction of sp³-hybridized carbons (Fsp3) is 0.217. The molecule has 0 aliphatic carbocycles. The standard InChI is InChI=1S/C23H23Cl2N5O2S/c1-4-8-30-21(15(3)26-22(32)16-7-5-6-14(2)9-16)28-29-23(30)33-13-20(31)27-19-11-17(24)10-18(25)12-19/h4-7,9-12,15H,1,8,13H2,2-3H3,(H,26,32)(H,27,31)/t15-/m1/s1. The predicted molar refractivity (Wildman–Crippen MR) is 133 cm³/mol. The van der Waals surface area contributed by atoms with E-state index < -0.39 is 6.04 Å². The van der Waals surface area contributed by atoms with Gasteiger partial charge >= 0.3 is 0 Å². The highest BCUT2D eigenvalue weighted by molar-refractivity contribution is 7.99. The zero-order valence-corrected chi connectivity index (χ0v) is 20.5. The lowest BCUT2D eigenvalue weighted by Gasteiger charge is -2.15. The van der Waals surface area contributed by atoms with E-state index in [1.807, 2.05) is 36.6 Å². The average molecular weight is 504 g/mol. The van der Waals surface area contributed by atoms with Crippen LogP contribution in [-0.4, -0.2) is 32.3 Å². The molecular formula is C23H23Cl2N5O2S. The van der Waals surface area contributed by atoms with Crippen molar-refractivity contribution in [2.24, 2.45) is 0 Å². The fourth-order valence-electron chi connectivity index (χ4n) is 3.11. The number of aryl methyl sites for hydroxylation is 1. The molecule has 0 saturated heterocycles. The van der Waals surface area contributed by atoms with Crippen molar-refractivity contribution in [2.75, 3.05) is 11.1 Å². The van der Waals surface area contributed by atoms with Crippen LogP contribution in [0.2, 0.25) is 10.0 Å². The van der Waals surface area contributed by atoms with Crippen LogP contribution >= 0.6 is 35.0 Å². The molecule has 1 atom stereocenters. The average Bonchev–Trinajstić information content (AvgIpc) is 3.14. The van der Waals surface area contributed by atoms with E-state index in [0.717, 1.165) is 5.56 Å². The Balaban J connectivity index is 1.67. The monoisotopic (exact) mass is 503 g/mol. The Morgan fingerprint density at radius 1 is 1.18 bits per heavy atom. The highest BCUT2D eigenvalue weighted by Crippen LogP contribution is 2.24. The van der Waals surface area contributed by atoms with Gasteiger partial charge in [-0.15, -0.1) is 16.8 Å². The maximum Gasteiger partial charge on any atom is 0.251 e. The van der Waals surface area contributed by atoms with Gasteiger partial charge in [0.2, 0.25) is 5.91 Å². The minimum absolute atomic E-state index is 0.101. The van der Waals surface area contributed by atoms with Crippen molar-refractivity contribution in [3.63, 3.8) is 0 Å². The van der Waals surface area contributed by atoms with Crippen LogP contribution in [0.15, 0.2) is 60.3 Å². The van der Waals surface area contributed by atoms with Crippen molar-refractivity contribution in [3.05, 3.63) is 82.1 Å². The van der Waals surface area contributed by atoms with Gasteiger partial charge < -0.3 is 15.2 Å². The summed E-state index contributed by atoms with van der Waals surface area (Å²) in [6.45, 7) is 7.98. The molecular weight excluding hydrogens is 481 g/mol. The van der Waals surface area contributed by atoms with Crippen LogP contribution in [0.1, 0.15) is 34.7 Å². The van der Waals surface area contributed by atoms with Crippen molar-refractivity contribution < 1.29 is 9.59 Å². The van der Waals surface area contributed by atoms with E-state index in [1.165, 1.54) is 11.8 Å². The number of carbonyl (C=O) groups is 2. The lowest BCUT2D eigenvalue weighted by molar-refractivity contribution is -0.113. The number of allylic oxidation sites excluding steroid dienone is 1. The van der Waals surface area contributed by atoms with Crippen molar-refractivity contribution in [3.8, 4) is 0 Å². The maximum atomic E-state index is 12.6. The summed E-state index contributed by atoms with van der Waals surface area (Å²) in [5.74, 6) is 0.228. The van der Waals surface area contributed by atoms with E-state index in [9.17, 15) is 9.59 Å². The van der Waals surface area contributed by atoms with Gasteiger partial charge in [-0.25, -0.2) is 0 Å². The van der Waals surface area contributed by atoms with Crippen LogP contribution < -0.4 is 10.6 Å². The molecule has 0 spiro atoms. The molecule has 0 unspecified atom stereocenters. The molecule has 0 aliphatic heterocycles. The zero-order chi connectivity index (χ0) is 24.0. The number of anilines is 1. The summed E-state index contributed by atoms with van der Waals surface area (Å²) in [5, 5.41) is 15.6. The van der Waals surface area contributed by atoms with Crippen LogP contribution in [-0.2, 0) is 11.3 Å². The Hall–Kier alpha value is -2.81. The molecule has 0 fully saturated rings. The van der Waals surface area contributed by atoms with Gasteiger partial charge in [0.25, 0.3) is 5.91 Å². The molecule has 3 rings (SSSR count). The molecule has 1 aromatic heterocycles. The molecule has 0 bridgehead atoms. The van der Waals surface area contributed by atoms with Gasteiger partial charge in [0.1, 0.15) is 0 Å². The number of rotatable bonds is 9. The molecule has 2 N–H and O–H groups in total. The number of nitrogens with one attached hydrogen (secondary N) is 2. The van der Waals surface area contributed by atoms with Gasteiger partial charge in [-0.3, -0.25) is 9.59 Å². The van der Waals surface area contributed by atoms with E-state index >= 15 is 0 Å². The Morgan fingerprint density at radius 3 is 2.58 bits per heavy atom. The third-order valence-electron chi connectivity index (χ3n) is 4.55. The Bertz CT molecular complexity index is 1160. The van der Waals surface area contributed by atoms with E-state index in [4.69, 9.17) is 23.2 Å². The normalized spacial score (nSPS) is 11.6. The number of nitrogens with zero attached hydrogens (tertiary/aromatic N) is 3. The topological polar surface area (TPSA) is 88.9 Å². The number of aromatic nitrogens is 3. The predicted octanol–water partition coefficient (Wildman–Crippen LogP) is 5.30.